The monoisotopic (exact) mass is 445 g/mol. The molecule has 6 heteroatoms. The third-order valence-electron chi connectivity index (χ3n) is 5.57. The van der Waals surface area contributed by atoms with Crippen molar-refractivity contribution in [2.75, 3.05) is 17.3 Å². The minimum Gasteiger partial charge on any atom is -0.288 e. The van der Waals surface area contributed by atoms with E-state index in [1.807, 2.05) is 0 Å². The standard InChI is InChI=1S/C22H37O3S3/c1-5-19-12-20(6-9-26-16(2)23)14-22(8-11-28-18(4)25)15-21(13-19)7-10-27-17(3)24/h19-22H,1,5-15H2,2-4H3/t19?,20-,21?,22?/m0/s1. The molecule has 0 aliphatic heterocycles. The molecule has 0 saturated heterocycles. The maximum atomic E-state index is 11.3. The summed E-state index contributed by atoms with van der Waals surface area (Å²) in [4.78, 5) is 33.9. The number of carbonyl (C=O) groups excluding carboxylic acids is 3. The van der Waals surface area contributed by atoms with Crippen LogP contribution in [0.5, 0.6) is 0 Å². The number of thioether (sulfide) groups is 3. The van der Waals surface area contributed by atoms with Crippen molar-refractivity contribution in [3.8, 4) is 0 Å². The second-order valence-corrected chi connectivity index (χ2v) is 11.9. The average Bonchev–Trinajstić information content (AvgIpc) is 2.57. The van der Waals surface area contributed by atoms with E-state index in [0.717, 1.165) is 42.9 Å². The van der Waals surface area contributed by atoms with Gasteiger partial charge < -0.3 is 0 Å². The molecule has 4 atom stereocenters. The van der Waals surface area contributed by atoms with Crippen molar-refractivity contribution in [3.63, 3.8) is 0 Å². The van der Waals surface area contributed by atoms with Gasteiger partial charge in [0.25, 0.3) is 0 Å². The summed E-state index contributed by atoms with van der Waals surface area (Å²) >= 11 is 4.33. The van der Waals surface area contributed by atoms with E-state index in [0.29, 0.717) is 23.7 Å². The summed E-state index contributed by atoms with van der Waals surface area (Å²) in [6, 6.07) is 0. The van der Waals surface area contributed by atoms with Crippen LogP contribution in [0.3, 0.4) is 0 Å². The topological polar surface area (TPSA) is 51.2 Å². The molecule has 0 amide bonds. The molecule has 0 heterocycles. The van der Waals surface area contributed by atoms with E-state index in [2.05, 4.69) is 6.92 Å². The molecule has 161 valence electrons. The van der Waals surface area contributed by atoms with Crippen molar-refractivity contribution in [2.24, 2.45) is 23.7 Å². The predicted molar refractivity (Wildman–Crippen MR) is 126 cm³/mol. The highest BCUT2D eigenvalue weighted by molar-refractivity contribution is 8.14. The van der Waals surface area contributed by atoms with Gasteiger partial charge in [-0.1, -0.05) is 48.6 Å². The fourth-order valence-corrected chi connectivity index (χ4v) is 6.54. The van der Waals surface area contributed by atoms with E-state index >= 15 is 0 Å². The second kappa shape index (κ2) is 15.0. The third kappa shape index (κ3) is 12.6. The Morgan fingerprint density at radius 1 is 0.643 bits per heavy atom. The van der Waals surface area contributed by atoms with Gasteiger partial charge in [0, 0.05) is 38.0 Å². The van der Waals surface area contributed by atoms with Crippen LogP contribution in [0.15, 0.2) is 0 Å². The zero-order valence-corrected chi connectivity index (χ0v) is 20.2. The summed E-state index contributed by atoms with van der Waals surface area (Å²) in [5.41, 5.74) is 0. The maximum absolute atomic E-state index is 11.3. The highest BCUT2D eigenvalue weighted by atomic mass is 32.2. The van der Waals surface area contributed by atoms with E-state index in [1.54, 1.807) is 20.8 Å². The summed E-state index contributed by atoms with van der Waals surface area (Å²) in [5.74, 6) is 5.32. The van der Waals surface area contributed by atoms with Crippen molar-refractivity contribution in [1.29, 1.82) is 0 Å². The molecule has 1 aliphatic rings. The van der Waals surface area contributed by atoms with Crippen LogP contribution < -0.4 is 0 Å². The largest absolute Gasteiger partial charge is 0.288 e. The van der Waals surface area contributed by atoms with Crippen molar-refractivity contribution < 1.29 is 14.4 Å². The first-order valence-electron chi connectivity index (χ1n) is 10.5. The molecule has 3 nitrogen and oxygen atoms in total. The smallest absolute Gasteiger partial charge is 0.185 e. The first-order chi connectivity index (χ1) is 13.3. The lowest BCUT2D eigenvalue weighted by molar-refractivity contribution is -0.109. The van der Waals surface area contributed by atoms with Gasteiger partial charge in [0.15, 0.2) is 15.3 Å². The van der Waals surface area contributed by atoms with Gasteiger partial charge in [0.1, 0.15) is 0 Å². The Bertz CT molecular complexity index is 463. The first-order valence-corrected chi connectivity index (χ1v) is 13.4. The Balaban J connectivity index is 2.71. The van der Waals surface area contributed by atoms with Crippen molar-refractivity contribution >= 4 is 50.6 Å². The van der Waals surface area contributed by atoms with Gasteiger partial charge in [-0.15, -0.1) is 0 Å². The lowest BCUT2D eigenvalue weighted by atomic mass is 9.72. The van der Waals surface area contributed by atoms with Gasteiger partial charge in [-0.2, -0.15) is 0 Å². The molecule has 3 unspecified atom stereocenters. The van der Waals surface area contributed by atoms with Crippen molar-refractivity contribution in [3.05, 3.63) is 6.92 Å². The van der Waals surface area contributed by atoms with Crippen LogP contribution in [0.1, 0.15) is 72.1 Å². The van der Waals surface area contributed by atoms with Crippen LogP contribution in [-0.2, 0) is 14.4 Å². The molecule has 0 N–H and O–H groups in total. The highest BCUT2D eigenvalue weighted by Gasteiger charge is 2.28. The van der Waals surface area contributed by atoms with Crippen LogP contribution in [0, 0.1) is 30.6 Å². The van der Waals surface area contributed by atoms with E-state index < -0.39 is 0 Å². The minimum atomic E-state index is 0.201. The van der Waals surface area contributed by atoms with Crippen molar-refractivity contribution in [1.82, 2.24) is 0 Å². The van der Waals surface area contributed by atoms with Gasteiger partial charge in [-0.3, -0.25) is 14.4 Å². The van der Waals surface area contributed by atoms with Gasteiger partial charge in [-0.25, -0.2) is 0 Å². The van der Waals surface area contributed by atoms with E-state index in [9.17, 15) is 14.4 Å². The molecule has 0 spiro atoms. The number of hydrogen-bond donors (Lipinski definition) is 0. The molecule has 0 aromatic carbocycles. The maximum Gasteiger partial charge on any atom is 0.185 e. The van der Waals surface area contributed by atoms with E-state index in [-0.39, 0.29) is 15.3 Å². The molecule has 1 aliphatic carbocycles. The van der Waals surface area contributed by atoms with Gasteiger partial charge in [-0.05, 0) is 68.6 Å². The Kier molecular flexibility index (Phi) is 13.9. The summed E-state index contributed by atoms with van der Waals surface area (Å²) in [6.45, 7) is 9.13. The highest BCUT2D eigenvalue weighted by Crippen LogP contribution is 2.39. The fraction of sp³-hybridized carbons (Fsp3) is 0.818. The normalized spacial score (nSPS) is 25.7. The third-order valence-corrected chi connectivity index (χ3v) is 8.11. The number of hydrogen-bond acceptors (Lipinski definition) is 6. The molecule has 0 aromatic rings. The molecule has 0 bridgehead atoms. The van der Waals surface area contributed by atoms with Crippen LogP contribution in [-0.4, -0.2) is 32.6 Å². The van der Waals surface area contributed by atoms with Crippen LogP contribution >= 0.6 is 35.3 Å². The number of rotatable bonds is 10. The van der Waals surface area contributed by atoms with Crippen LogP contribution in [0.25, 0.3) is 0 Å². The predicted octanol–water partition coefficient (Wildman–Crippen LogP) is 6.26. The quantitative estimate of drug-likeness (QED) is 0.395. The molecule has 28 heavy (non-hydrogen) atoms. The van der Waals surface area contributed by atoms with E-state index in [4.69, 9.17) is 0 Å². The lowest BCUT2D eigenvalue weighted by Gasteiger charge is -2.34. The summed E-state index contributed by atoms with van der Waals surface area (Å²) in [6.07, 6.45) is 9.06. The Hall–Kier alpha value is 0.0600. The Labute approximate surface area is 184 Å². The average molecular weight is 446 g/mol. The van der Waals surface area contributed by atoms with Gasteiger partial charge >= 0.3 is 0 Å². The van der Waals surface area contributed by atoms with Gasteiger partial charge in [0.05, 0.1) is 0 Å². The fourth-order valence-electron chi connectivity index (χ4n) is 4.32. The van der Waals surface area contributed by atoms with E-state index in [1.165, 1.54) is 61.0 Å². The summed E-state index contributed by atoms with van der Waals surface area (Å²) in [7, 11) is 0. The summed E-state index contributed by atoms with van der Waals surface area (Å²) < 4.78 is 0. The molecular weight excluding hydrogens is 408 g/mol. The van der Waals surface area contributed by atoms with Crippen LogP contribution in [0.2, 0.25) is 0 Å². The first kappa shape index (κ1) is 26.1. The molecule has 1 saturated carbocycles. The number of carbonyl (C=O) groups is 3. The molecule has 1 radical (unpaired) electrons. The molecular formula is C22H37O3S3. The van der Waals surface area contributed by atoms with Gasteiger partial charge in [0.2, 0.25) is 0 Å². The Morgan fingerprint density at radius 3 is 1.18 bits per heavy atom. The molecule has 1 fully saturated rings. The lowest BCUT2D eigenvalue weighted by Crippen LogP contribution is -2.24. The zero-order valence-electron chi connectivity index (χ0n) is 17.7. The second-order valence-electron chi connectivity index (χ2n) is 8.08. The minimum absolute atomic E-state index is 0.201. The molecule has 1 rings (SSSR count). The zero-order chi connectivity index (χ0) is 20.9. The summed E-state index contributed by atoms with van der Waals surface area (Å²) in [5, 5.41) is 0.612. The van der Waals surface area contributed by atoms with Crippen molar-refractivity contribution in [2.45, 2.75) is 72.1 Å². The van der Waals surface area contributed by atoms with Crippen LogP contribution in [0.4, 0.5) is 0 Å². The Morgan fingerprint density at radius 2 is 0.929 bits per heavy atom. The SMILES string of the molecule is [CH2]CC1CC(CCSC(C)=O)CC(CCSC(C)=O)C[C@@H](CCSC(C)=O)C1. The molecule has 0 aromatic heterocycles.